The van der Waals surface area contributed by atoms with E-state index in [2.05, 4.69) is 10.6 Å². The number of benzene rings is 2. The van der Waals surface area contributed by atoms with E-state index in [1.165, 1.54) is 32.1 Å². The molecule has 3 rings (SSSR count). The Kier molecular flexibility index (Phi) is 10.8. The van der Waals surface area contributed by atoms with E-state index in [-0.39, 0.29) is 11.9 Å². The zero-order valence-electron chi connectivity index (χ0n) is 21.8. The molecule has 1 aliphatic carbocycles. The molecule has 1 saturated carbocycles. The summed E-state index contributed by atoms with van der Waals surface area (Å²) in [4.78, 5) is 13.3. The van der Waals surface area contributed by atoms with E-state index in [4.69, 9.17) is 4.74 Å². The summed E-state index contributed by atoms with van der Waals surface area (Å²) >= 11 is 0. The predicted octanol–water partition coefficient (Wildman–Crippen LogP) is 5.34. The van der Waals surface area contributed by atoms with Crippen molar-refractivity contribution in [1.29, 1.82) is 0 Å². The van der Waals surface area contributed by atoms with Crippen LogP contribution in [0.15, 0.2) is 48.5 Å². The van der Waals surface area contributed by atoms with Crippen molar-refractivity contribution >= 4 is 5.91 Å². The second-order valence-electron chi connectivity index (χ2n) is 10.2. The lowest BCUT2D eigenvalue weighted by molar-refractivity contribution is 0.0649. The van der Waals surface area contributed by atoms with Crippen molar-refractivity contribution in [1.82, 2.24) is 10.6 Å². The molecule has 2 atom stereocenters. The molecule has 1 unspecified atom stereocenters. The van der Waals surface area contributed by atoms with E-state index >= 15 is 0 Å². The van der Waals surface area contributed by atoms with Crippen LogP contribution in [-0.2, 0) is 10.3 Å². The number of aliphatic hydroxyl groups is 1. The average molecular weight is 481 g/mol. The van der Waals surface area contributed by atoms with Crippen molar-refractivity contribution in [2.45, 2.75) is 76.4 Å². The number of aryl methyl sites for hydroxylation is 1. The molecule has 2 aromatic carbocycles. The highest BCUT2D eigenvalue weighted by Crippen LogP contribution is 2.35. The van der Waals surface area contributed by atoms with Gasteiger partial charge in [-0.25, -0.2) is 0 Å². The number of carbonyl (C=O) groups excluding carboxylic acids is 1. The molecular formula is C30H44N2O3. The van der Waals surface area contributed by atoms with Gasteiger partial charge in [-0.1, -0.05) is 74.1 Å². The summed E-state index contributed by atoms with van der Waals surface area (Å²) < 4.78 is 5.21. The molecule has 1 amide bonds. The number of amides is 1. The third kappa shape index (κ3) is 7.89. The summed E-state index contributed by atoms with van der Waals surface area (Å²) in [5.41, 5.74) is 2.14. The molecule has 1 fully saturated rings. The lowest BCUT2D eigenvalue weighted by Gasteiger charge is -2.30. The molecule has 0 saturated heterocycles. The van der Waals surface area contributed by atoms with Gasteiger partial charge < -0.3 is 20.5 Å². The molecule has 0 heterocycles. The van der Waals surface area contributed by atoms with E-state index in [0.29, 0.717) is 24.5 Å². The number of methoxy groups -OCH3 is 1. The van der Waals surface area contributed by atoms with Crippen LogP contribution in [0.25, 0.3) is 0 Å². The molecule has 0 aliphatic heterocycles. The normalized spacial score (nSPS) is 17.0. The Hall–Kier alpha value is -2.21. The number of rotatable bonds is 13. The van der Waals surface area contributed by atoms with Gasteiger partial charge in [0.1, 0.15) is 5.60 Å². The van der Waals surface area contributed by atoms with Crippen LogP contribution in [0.4, 0.5) is 0 Å². The van der Waals surface area contributed by atoms with E-state index in [0.717, 1.165) is 42.5 Å². The van der Waals surface area contributed by atoms with Gasteiger partial charge in [0.15, 0.2) is 0 Å². The quantitative estimate of drug-likeness (QED) is 0.339. The first-order valence-corrected chi connectivity index (χ1v) is 13.3. The highest BCUT2D eigenvalue weighted by molar-refractivity contribution is 5.94. The second kappa shape index (κ2) is 13.8. The summed E-state index contributed by atoms with van der Waals surface area (Å²) in [6.45, 7) is 3.46. The highest BCUT2D eigenvalue weighted by Gasteiger charge is 2.32. The number of likely N-dealkylation sites (N-methyl/N-ethyl adjacent to an activating group) is 1. The minimum Gasteiger partial charge on any atom is -0.385 e. The summed E-state index contributed by atoms with van der Waals surface area (Å²) in [6.07, 6.45) is 9.73. The number of nitrogens with one attached hydrogen (secondary N) is 2. The van der Waals surface area contributed by atoms with Crippen molar-refractivity contribution in [3.63, 3.8) is 0 Å². The van der Waals surface area contributed by atoms with Crippen LogP contribution in [0.5, 0.6) is 0 Å². The smallest absolute Gasteiger partial charge is 0.251 e. The fourth-order valence-corrected chi connectivity index (χ4v) is 5.44. The third-order valence-corrected chi connectivity index (χ3v) is 7.36. The molecule has 0 bridgehead atoms. The molecule has 2 aromatic rings. The SMILES string of the molecule is CNC[C@H](CC1CCCCC1)NC(=O)c1cccc(C(O)(CCCCOC)c2cccc(C)c2)c1. The van der Waals surface area contributed by atoms with Gasteiger partial charge >= 0.3 is 0 Å². The molecule has 35 heavy (non-hydrogen) atoms. The summed E-state index contributed by atoms with van der Waals surface area (Å²) in [7, 11) is 3.64. The number of hydrogen-bond acceptors (Lipinski definition) is 4. The highest BCUT2D eigenvalue weighted by atomic mass is 16.5. The maximum atomic E-state index is 13.3. The van der Waals surface area contributed by atoms with Gasteiger partial charge in [0.25, 0.3) is 5.91 Å². The van der Waals surface area contributed by atoms with Crippen LogP contribution in [0.1, 0.15) is 84.8 Å². The summed E-state index contributed by atoms with van der Waals surface area (Å²) in [5, 5.41) is 18.5. The predicted molar refractivity (Wildman–Crippen MR) is 143 cm³/mol. The molecule has 3 N–H and O–H groups in total. The minimum absolute atomic E-state index is 0.0751. The van der Waals surface area contributed by atoms with Crippen molar-refractivity contribution in [2.24, 2.45) is 5.92 Å². The van der Waals surface area contributed by atoms with Crippen LogP contribution in [0, 0.1) is 12.8 Å². The van der Waals surface area contributed by atoms with Gasteiger partial charge in [-0.2, -0.15) is 0 Å². The fraction of sp³-hybridized carbons (Fsp3) is 0.567. The number of ether oxygens (including phenoxy) is 1. The third-order valence-electron chi connectivity index (χ3n) is 7.36. The minimum atomic E-state index is -1.16. The van der Waals surface area contributed by atoms with Crippen LogP contribution >= 0.6 is 0 Å². The van der Waals surface area contributed by atoms with Crippen LogP contribution in [0.3, 0.4) is 0 Å². The average Bonchev–Trinajstić information content (AvgIpc) is 2.87. The van der Waals surface area contributed by atoms with Crippen LogP contribution < -0.4 is 10.6 Å². The van der Waals surface area contributed by atoms with Gasteiger partial charge in [0, 0.05) is 31.9 Å². The molecule has 192 valence electrons. The van der Waals surface area contributed by atoms with Gasteiger partial charge in [-0.15, -0.1) is 0 Å². The second-order valence-corrected chi connectivity index (χ2v) is 10.2. The molecule has 0 aromatic heterocycles. The number of unbranched alkanes of at least 4 members (excludes halogenated alkanes) is 1. The number of carbonyl (C=O) groups is 1. The Balaban J connectivity index is 1.80. The summed E-state index contributed by atoms with van der Waals surface area (Å²) in [6, 6.07) is 15.7. The summed E-state index contributed by atoms with van der Waals surface area (Å²) in [5.74, 6) is 0.612. The van der Waals surface area contributed by atoms with Crippen LogP contribution in [0.2, 0.25) is 0 Å². The molecule has 0 radical (unpaired) electrons. The van der Waals surface area contributed by atoms with Crippen molar-refractivity contribution < 1.29 is 14.6 Å². The Morgan fingerprint density at radius 2 is 1.80 bits per heavy atom. The molecule has 1 aliphatic rings. The lowest BCUT2D eigenvalue weighted by atomic mass is 9.81. The van der Waals surface area contributed by atoms with Crippen LogP contribution in [-0.4, -0.2) is 44.4 Å². The van der Waals surface area contributed by atoms with Gasteiger partial charge in [0.2, 0.25) is 0 Å². The van der Waals surface area contributed by atoms with Crippen molar-refractivity contribution in [2.75, 3.05) is 27.3 Å². The Labute approximate surface area is 211 Å². The lowest BCUT2D eigenvalue weighted by Crippen LogP contribution is -2.42. The van der Waals surface area contributed by atoms with E-state index in [1.807, 2.05) is 62.5 Å². The first-order chi connectivity index (χ1) is 17.0. The van der Waals surface area contributed by atoms with Crippen molar-refractivity contribution in [3.8, 4) is 0 Å². The molecule has 5 nitrogen and oxygen atoms in total. The van der Waals surface area contributed by atoms with E-state index < -0.39 is 5.60 Å². The first kappa shape index (κ1) is 27.4. The molecule has 5 heteroatoms. The Morgan fingerprint density at radius 1 is 1.09 bits per heavy atom. The van der Waals surface area contributed by atoms with Gasteiger partial charge in [-0.3, -0.25) is 4.79 Å². The maximum Gasteiger partial charge on any atom is 0.251 e. The number of hydrogen-bond donors (Lipinski definition) is 3. The van der Waals surface area contributed by atoms with Gasteiger partial charge in [0.05, 0.1) is 0 Å². The monoisotopic (exact) mass is 480 g/mol. The molecular weight excluding hydrogens is 436 g/mol. The molecule has 0 spiro atoms. The van der Waals surface area contributed by atoms with E-state index in [9.17, 15) is 9.90 Å². The van der Waals surface area contributed by atoms with Gasteiger partial charge in [-0.05, 0) is 68.8 Å². The topological polar surface area (TPSA) is 70.6 Å². The largest absolute Gasteiger partial charge is 0.385 e. The van der Waals surface area contributed by atoms with E-state index in [1.54, 1.807) is 7.11 Å². The fourth-order valence-electron chi connectivity index (χ4n) is 5.44. The van der Waals surface area contributed by atoms with Crippen molar-refractivity contribution in [3.05, 3.63) is 70.8 Å². The Bertz CT molecular complexity index is 925. The Morgan fingerprint density at radius 3 is 2.49 bits per heavy atom. The first-order valence-electron chi connectivity index (χ1n) is 13.3. The maximum absolute atomic E-state index is 13.3. The zero-order chi connectivity index (χ0) is 25.1. The zero-order valence-corrected chi connectivity index (χ0v) is 21.8. The standard InChI is InChI=1S/C30H44N2O3/c1-23-11-9-15-26(19-23)30(34,17-7-8-18-35-3)27-16-10-14-25(21-27)29(33)32-28(22-31-2)20-24-12-5-4-6-13-24/h9-11,14-16,19,21,24,28,31,34H,4-8,12-13,17-18,20,22H2,1-3H3,(H,32,33)/t28-,30?/m0/s1.